The maximum absolute atomic E-state index is 12.0. The summed E-state index contributed by atoms with van der Waals surface area (Å²) in [6.07, 6.45) is 8.50. The van der Waals surface area contributed by atoms with E-state index in [1.54, 1.807) is 12.1 Å². The smallest absolute Gasteiger partial charge is 0.258 e. The fourth-order valence-electron chi connectivity index (χ4n) is 2.73. The van der Waals surface area contributed by atoms with Crippen molar-refractivity contribution in [3.05, 3.63) is 28.8 Å². The van der Waals surface area contributed by atoms with E-state index in [1.165, 1.54) is 32.1 Å². The van der Waals surface area contributed by atoms with Crippen molar-refractivity contribution in [3.8, 4) is 5.75 Å². The Balaban J connectivity index is 1.76. The van der Waals surface area contributed by atoms with Gasteiger partial charge in [-0.3, -0.25) is 4.79 Å². The molecule has 1 amide bonds. The predicted octanol–water partition coefficient (Wildman–Crippen LogP) is 4.26. The molecule has 1 saturated carbocycles. The first kappa shape index (κ1) is 16.2. The molecule has 1 N–H and O–H groups in total. The van der Waals surface area contributed by atoms with Crippen LogP contribution in [0.25, 0.3) is 0 Å². The maximum atomic E-state index is 12.0. The Bertz CT molecular complexity index is 468. The Morgan fingerprint density at radius 1 is 1.24 bits per heavy atom. The number of carbonyl (C=O) groups is 1. The molecule has 1 aliphatic carbocycles. The van der Waals surface area contributed by atoms with Gasteiger partial charge in [0.05, 0.1) is 0 Å². The van der Waals surface area contributed by atoms with Crippen LogP contribution in [0, 0.1) is 6.92 Å². The van der Waals surface area contributed by atoms with E-state index >= 15 is 0 Å². The fraction of sp³-hybridized carbons (Fsp3) is 0.588. The van der Waals surface area contributed by atoms with E-state index in [2.05, 4.69) is 5.32 Å². The van der Waals surface area contributed by atoms with E-state index in [4.69, 9.17) is 16.3 Å². The summed E-state index contributed by atoms with van der Waals surface area (Å²) in [6.45, 7) is 1.99. The molecular formula is C17H24ClNO2. The average molecular weight is 310 g/mol. The molecule has 0 radical (unpaired) electrons. The van der Waals surface area contributed by atoms with Crippen LogP contribution in [0.15, 0.2) is 18.2 Å². The van der Waals surface area contributed by atoms with Crippen LogP contribution in [0.4, 0.5) is 0 Å². The maximum Gasteiger partial charge on any atom is 0.258 e. The minimum atomic E-state index is -0.0341. The molecule has 0 unspecified atom stereocenters. The second kappa shape index (κ2) is 8.28. The number of ether oxygens (including phenoxy) is 1. The van der Waals surface area contributed by atoms with Crippen LogP contribution in [-0.2, 0) is 4.79 Å². The number of hydrogen-bond acceptors (Lipinski definition) is 2. The number of rotatable bonds is 4. The topological polar surface area (TPSA) is 38.3 Å². The van der Waals surface area contributed by atoms with Gasteiger partial charge in [-0.2, -0.15) is 0 Å². The van der Waals surface area contributed by atoms with Crippen molar-refractivity contribution in [3.63, 3.8) is 0 Å². The van der Waals surface area contributed by atoms with Crippen molar-refractivity contribution in [2.75, 3.05) is 6.61 Å². The third-order valence-electron chi connectivity index (χ3n) is 3.97. The van der Waals surface area contributed by atoms with Gasteiger partial charge < -0.3 is 10.1 Å². The molecule has 1 aromatic carbocycles. The Hall–Kier alpha value is -1.22. The summed E-state index contributed by atoms with van der Waals surface area (Å²) in [4.78, 5) is 12.0. The summed E-state index contributed by atoms with van der Waals surface area (Å²) in [5.74, 6) is 0.651. The van der Waals surface area contributed by atoms with E-state index in [1.807, 2.05) is 13.0 Å². The molecule has 116 valence electrons. The van der Waals surface area contributed by atoms with E-state index in [9.17, 15) is 4.79 Å². The summed E-state index contributed by atoms with van der Waals surface area (Å²) in [6, 6.07) is 5.75. The molecule has 3 nitrogen and oxygen atoms in total. The zero-order valence-electron chi connectivity index (χ0n) is 12.7. The van der Waals surface area contributed by atoms with Gasteiger partial charge in [0.15, 0.2) is 6.61 Å². The lowest BCUT2D eigenvalue weighted by Crippen LogP contribution is -2.38. The van der Waals surface area contributed by atoms with Gasteiger partial charge in [-0.15, -0.1) is 0 Å². The molecule has 0 aliphatic heterocycles. The van der Waals surface area contributed by atoms with Gasteiger partial charge >= 0.3 is 0 Å². The molecule has 1 aliphatic rings. The monoisotopic (exact) mass is 309 g/mol. The highest BCUT2D eigenvalue weighted by molar-refractivity contribution is 6.31. The lowest BCUT2D eigenvalue weighted by Gasteiger charge is -2.21. The Kier molecular flexibility index (Phi) is 6.37. The second-order valence-electron chi connectivity index (χ2n) is 5.81. The molecule has 4 heteroatoms. The van der Waals surface area contributed by atoms with Crippen LogP contribution in [0.2, 0.25) is 5.02 Å². The van der Waals surface area contributed by atoms with Gasteiger partial charge in [0.1, 0.15) is 5.75 Å². The lowest BCUT2D eigenvalue weighted by molar-refractivity contribution is -0.123. The normalized spacial score (nSPS) is 16.9. The van der Waals surface area contributed by atoms with Crippen molar-refractivity contribution in [1.82, 2.24) is 5.32 Å². The number of carbonyl (C=O) groups excluding carboxylic acids is 1. The van der Waals surface area contributed by atoms with Crippen LogP contribution in [0.3, 0.4) is 0 Å². The zero-order chi connectivity index (χ0) is 15.1. The molecule has 0 heterocycles. The van der Waals surface area contributed by atoms with E-state index in [0.29, 0.717) is 16.8 Å². The van der Waals surface area contributed by atoms with Crippen molar-refractivity contribution >= 4 is 17.5 Å². The van der Waals surface area contributed by atoms with Crippen LogP contribution in [-0.4, -0.2) is 18.6 Å². The molecule has 0 saturated heterocycles. The highest BCUT2D eigenvalue weighted by Crippen LogP contribution is 2.21. The van der Waals surface area contributed by atoms with E-state index < -0.39 is 0 Å². The van der Waals surface area contributed by atoms with Crippen LogP contribution in [0.5, 0.6) is 5.75 Å². The molecule has 0 atom stereocenters. The lowest BCUT2D eigenvalue weighted by atomic mass is 9.97. The number of benzene rings is 1. The summed E-state index contributed by atoms with van der Waals surface area (Å²) in [5.41, 5.74) is 0.953. The van der Waals surface area contributed by atoms with Crippen LogP contribution in [0.1, 0.15) is 50.5 Å². The first-order chi connectivity index (χ1) is 10.1. The summed E-state index contributed by atoms with van der Waals surface area (Å²) in [7, 11) is 0. The largest absolute Gasteiger partial charge is 0.484 e. The first-order valence-corrected chi connectivity index (χ1v) is 8.21. The minimum Gasteiger partial charge on any atom is -0.484 e. The van der Waals surface area contributed by atoms with Gasteiger partial charge in [0.25, 0.3) is 5.91 Å². The third-order valence-corrected chi connectivity index (χ3v) is 4.39. The van der Waals surface area contributed by atoms with E-state index in [0.717, 1.165) is 18.4 Å². The number of hydrogen-bond donors (Lipinski definition) is 1. The van der Waals surface area contributed by atoms with Crippen LogP contribution < -0.4 is 10.1 Å². The van der Waals surface area contributed by atoms with Gasteiger partial charge in [-0.1, -0.05) is 43.7 Å². The summed E-state index contributed by atoms with van der Waals surface area (Å²) < 4.78 is 5.53. The van der Waals surface area contributed by atoms with Crippen molar-refractivity contribution in [2.45, 2.75) is 57.9 Å². The summed E-state index contributed by atoms with van der Waals surface area (Å²) in [5, 5.41) is 3.80. The Labute approximate surface area is 132 Å². The van der Waals surface area contributed by atoms with Gasteiger partial charge in [0.2, 0.25) is 0 Å². The molecule has 0 aromatic heterocycles. The number of amides is 1. The number of aryl methyl sites for hydroxylation is 1. The van der Waals surface area contributed by atoms with E-state index in [-0.39, 0.29) is 12.5 Å². The molecule has 0 spiro atoms. The summed E-state index contributed by atoms with van der Waals surface area (Å²) >= 11 is 5.97. The highest BCUT2D eigenvalue weighted by atomic mass is 35.5. The molecular weight excluding hydrogens is 286 g/mol. The first-order valence-electron chi connectivity index (χ1n) is 7.83. The second-order valence-corrected chi connectivity index (χ2v) is 6.22. The van der Waals surface area contributed by atoms with Gasteiger partial charge in [0, 0.05) is 11.1 Å². The standard InChI is InChI=1S/C17H24ClNO2/c1-13-11-15(9-10-16(13)18)21-12-17(20)19-14-7-5-3-2-4-6-8-14/h9-11,14H,2-8,12H2,1H3,(H,19,20). The fourth-order valence-corrected chi connectivity index (χ4v) is 2.84. The van der Waals surface area contributed by atoms with Gasteiger partial charge in [-0.05, 0) is 43.5 Å². The predicted molar refractivity (Wildman–Crippen MR) is 85.9 cm³/mol. The third kappa shape index (κ3) is 5.58. The molecule has 2 rings (SSSR count). The van der Waals surface area contributed by atoms with Crippen molar-refractivity contribution < 1.29 is 9.53 Å². The molecule has 1 aromatic rings. The minimum absolute atomic E-state index is 0.0341. The Morgan fingerprint density at radius 2 is 1.90 bits per heavy atom. The van der Waals surface area contributed by atoms with Gasteiger partial charge in [-0.25, -0.2) is 0 Å². The van der Waals surface area contributed by atoms with Crippen LogP contribution >= 0.6 is 11.6 Å². The molecule has 0 bridgehead atoms. The zero-order valence-corrected chi connectivity index (χ0v) is 13.4. The van der Waals surface area contributed by atoms with Crippen molar-refractivity contribution in [2.24, 2.45) is 0 Å². The SMILES string of the molecule is Cc1cc(OCC(=O)NC2CCCCCCC2)ccc1Cl. The Morgan fingerprint density at radius 3 is 2.57 bits per heavy atom. The molecule has 1 fully saturated rings. The highest BCUT2D eigenvalue weighted by Gasteiger charge is 2.14. The van der Waals surface area contributed by atoms with Crippen molar-refractivity contribution in [1.29, 1.82) is 0 Å². The average Bonchev–Trinajstić information content (AvgIpc) is 2.43. The number of nitrogens with one attached hydrogen (secondary N) is 1. The molecule has 21 heavy (non-hydrogen) atoms. The number of halogens is 1. The quantitative estimate of drug-likeness (QED) is 0.902.